The molecule has 0 amide bonds. The van der Waals surface area contributed by atoms with Crippen molar-refractivity contribution in [1.29, 1.82) is 0 Å². The van der Waals surface area contributed by atoms with Crippen LogP contribution in [0.2, 0.25) is 0 Å². The molecule has 0 aromatic heterocycles. The van der Waals surface area contributed by atoms with Gasteiger partial charge < -0.3 is 23.7 Å². The molecule has 0 bridgehead atoms. The zero-order valence-electron chi connectivity index (χ0n) is 23.0. The van der Waals surface area contributed by atoms with Gasteiger partial charge in [-0.3, -0.25) is 9.59 Å². The third-order valence-electron chi connectivity index (χ3n) is 7.42. The zero-order valence-corrected chi connectivity index (χ0v) is 23.0. The molecule has 0 saturated carbocycles. The summed E-state index contributed by atoms with van der Waals surface area (Å²) in [6, 6.07) is 26.3. The number of benzene rings is 3. The summed E-state index contributed by atoms with van der Waals surface area (Å²) in [5.41, 5.74) is 3.62. The van der Waals surface area contributed by atoms with E-state index in [1.165, 1.54) is 11.1 Å². The molecule has 3 fully saturated rings. The van der Waals surface area contributed by atoms with E-state index < -0.39 is 5.97 Å². The molecule has 42 heavy (non-hydrogen) atoms. The highest BCUT2D eigenvalue weighted by molar-refractivity contribution is 5.96. The number of carbonyl (C=O) groups excluding carboxylic acids is 2. The fourth-order valence-electron chi connectivity index (χ4n) is 4.87. The summed E-state index contributed by atoms with van der Waals surface area (Å²) in [7, 11) is 0. The SMILES string of the molecule is C.C.CCC(c1ccccc1)C1C(=O)OC(=O)C1C.c1cc(OCC2CO2)ccc1Cc1ccc(OCC2CO2)cc1. The molecule has 3 saturated heterocycles. The van der Waals surface area contributed by atoms with Gasteiger partial charge in [0.25, 0.3) is 0 Å². The monoisotopic (exact) mass is 576 g/mol. The van der Waals surface area contributed by atoms with Crippen molar-refractivity contribution in [3.63, 3.8) is 0 Å². The van der Waals surface area contributed by atoms with Crippen LogP contribution in [0.5, 0.6) is 11.5 Å². The van der Waals surface area contributed by atoms with Crippen molar-refractivity contribution in [2.45, 2.75) is 59.7 Å². The van der Waals surface area contributed by atoms with E-state index in [0.29, 0.717) is 25.4 Å². The van der Waals surface area contributed by atoms with Crippen molar-refractivity contribution < 1.29 is 33.3 Å². The Morgan fingerprint density at radius 2 is 1.21 bits per heavy atom. The number of hydrogen-bond donors (Lipinski definition) is 0. The van der Waals surface area contributed by atoms with Crippen molar-refractivity contribution in [1.82, 2.24) is 0 Å². The molecule has 7 heteroatoms. The van der Waals surface area contributed by atoms with Crippen LogP contribution < -0.4 is 9.47 Å². The maximum absolute atomic E-state index is 11.7. The first kappa shape index (κ1) is 32.8. The molecule has 0 spiro atoms. The second-order valence-corrected chi connectivity index (χ2v) is 10.5. The Bertz CT molecular complexity index is 1190. The number of ether oxygens (including phenoxy) is 5. The fraction of sp³-hybridized carbons (Fsp3) is 0.429. The summed E-state index contributed by atoms with van der Waals surface area (Å²) < 4.78 is 26.3. The van der Waals surface area contributed by atoms with Crippen molar-refractivity contribution in [3.05, 3.63) is 95.6 Å². The Morgan fingerprint density at radius 3 is 1.60 bits per heavy atom. The molecule has 0 aliphatic carbocycles. The highest BCUT2D eigenvalue weighted by Crippen LogP contribution is 2.38. The van der Waals surface area contributed by atoms with Gasteiger partial charge in [0.1, 0.15) is 36.9 Å². The summed E-state index contributed by atoms with van der Waals surface area (Å²) in [4.78, 5) is 23.1. The molecule has 3 aromatic rings. The van der Waals surface area contributed by atoms with Gasteiger partial charge in [-0.1, -0.05) is 83.3 Å². The average molecular weight is 577 g/mol. The number of rotatable bonds is 11. The first-order chi connectivity index (χ1) is 19.5. The van der Waals surface area contributed by atoms with E-state index in [2.05, 4.69) is 24.3 Å². The van der Waals surface area contributed by atoms with Crippen LogP contribution in [0.4, 0.5) is 0 Å². The molecule has 0 N–H and O–H groups in total. The van der Waals surface area contributed by atoms with Gasteiger partial charge >= 0.3 is 11.9 Å². The Kier molecular flexibility index (Phi) is 12.1. The van der Waals surface area contributed by atoms with Gasteiger partial charge in [-0.2, -0.15) is 0 Å². The summed E-state index contributed by atoms with van der Waals surface area (Å²) >= 11 is 0. The van der Waals surface area contributed by atoms with Crippen LogP contribution >= 0.6 is 0 Å². The summed E-state index contributed by atoms with van der Waals surface area (Å²) in [6.45, 7) is 6.74. The van der Waals surface area contributed by atoms with Crippen molar-refractivity contribution in [2.75, 3.05) is 26.4 Å². The van der Waals surface area contributed by atoms with Crippen LogP contribution in [0.15, 0.2) is 78.9 Å². The van der Waals surface area contributed by atoms with E-state index in [-0.39, 0.29) is 38.6 Å². The Labute approximate surface area is 250 Å². The maximum atomic E-state index is 11.7. The van der Waals surface area contributed by atoms with Crippen molar-refractivity contribution >= 4 is 11.9 Å². The van der Waals surface area contributed by atoms with E-state index in [4.69, 9.17) is 23.7 Å². The normalized spacial score (nSPS) is 22.3. The van der Waals surface area contributed by atoms with Gasteiger partial charge in [0, 0.05) is 0 Å². The van der Waals surface area contributed by atoms with E-state index in [9.17, 15) is 9.59 Å². The predicted octanol–water partition coefficient (Wildman–Crippen LogP) is 6.62. The van der Waals surface area contributed by atoms with Crippen LogP contribution in [0.3, 0.4) is 0 Å². The first-order valence-electron chi connectivity index (χ1n) is 14.0. The second-order valence-electron chi connectivity index (χ2n) is 10.5. The maximum Gasteiger partial charge on any atom is 0.318 e. The number of carbonyl (C=O) groups is 2. The largest absolute Gasteiger partial charge is 0.491 e. The van der Waals surface area contributed by atoms with Gasteiger partial charge in [0.15, 0.2) is 0 Å². The Balaban J connectivity index is 0.000000230. The minimum atomic E-state index is -0.394. The molecular weight excluding hydrogens is 532 g/mol. The molecule has 226 valence electrons. The number of hydrogen-bond acceptors (Lipinski definition) is 7. The van der Waals surface area contributed by atoms with Gasteiger partial charge in [-0.05, 0) is 59.7 Å². The van der Waals surface area contributed by atoms with E-state index in [1.807, 2.05) is 61.5 Å². The standard InChI is InChI=1S/C19H20O4.C14H16O3.2CH4/c1-5-16(20-10-18-12-22-18)6-2-14(1)9-15-3-7-17(8-4-15)21-11-19-13-23-19;1-3-11(10-7-5-4-6-8-10)12-9(2)13(15)17-14(12)16;;/h1-8,18-19H,9-13H2;4-9,11-12H,3H2,1-2H3;2*1H4. The van der Waals surface area contributed by atoms with Gasteiger partial charge in [-0.25, -0.2) is 0 Å². The van der Waals surface area contributed by atoms with E-state index >= 15 is 0 Å². The lowest BCUT2D eigenvalue weighted by Crippen LogP contribution is -2.22. The molecule has 5 unspecified atom stereocenters. The molecule has 5 atom stereocenters. The van der Waals surface area contributed by atoms with Gasteiger partial charge in [-0.15, -0.1) is 0 Å². The second kappa shape index (κ2) is 15.5. The van der Waals surface area contributed by atoms with Crippen LogP contribution in [-0.4, -0.2) is 50.6 Å². The molecule has 3 heterocycles. The lowest BCUT2D eigenvalue weighted by molar-refractivity contribution is -0.153. The summed E-state index contributed by atoms with van der Waals surface area (Å²) in [6.07, 6.45) is 2.31. The van der Waals surface area contributed by atoms with E-state index in [0.717, 1.165) is 43.1 Å². The predicted molar refractivity (Wildman–Crippen MR) is 163 cm³/mol. The number of epoxide rings is 2. The minimum absolute atomic E-state index is 0. The summed E-state index contributed by atoms with van der Waals surface area (Å²) in [5, 5.41) is 0. The third-order valence-corrected chi connectivity index (χ3v) is 7.42. The highest BCUT2D eigenvalue weighted by atomic mass is 16.6. The minimum Gasteiger partial charge on any atom is -0.491 e. The first-order valence-corrected chi connectivity index (χ1v) is 14.0. The van der Waals surface area contributed by atoms with Crippen LogP contribution in [0.25, 0.3) is 0 Å². The highest BCUT2D eigenvalue weighted by Gasteiger charge is 2.45. The van der Waals surface area contributed by atoms with Crippen molar-refractivity contribution in [3.8, 4) is 11.5 Å². The third kappa shape index (κ3) is 9.16. The number of esters is 2. The lowest BCUT2D eigenvalue weighted by Gasteiger charge is -2.21. The molecule has 0 radical (unpaired) electrons. The smallest absolute Gasteiger partial charge is 0.318 e. The zero-order chi connectivity index (χ0) is 27.9. The topological polar surface area (TPSA) is 86.9 Å². The Morgan fingerprint density at radius 1 is 0.738 bits per heavy atom. The van der Waals surface area contributed by atoms with E-state index in [1.54, 1.807) is 6.92 Å². The molecule has 3 aliphatic rings. The van der Waals surface area contributed by atoms with Gasteiger partial charge in [0.05, 0.1) is 25.0 Å². The molecule has 7 nitrogen and oxygen atoms in total. The Hall–Kier alpha value is -3.68. The number of cyclic esters (lactones) is 2. The average Bonchev–Trinajstić information content (AvgIpc) is 3.91. The molecular formula is C35H44O7. The van der Waals surface area contributed by atoms with Crippen LogP contribution in [-0.2, 0) is 30.2 Å². The quantitative estimate of drug-likeness (QED) is 0.144. The van der Waals surface area contributed by atoms with Crippen LogP contribution in [0, 0.1) is 11.8 Å². The van der Waals surface area contributed by atoms with Gasteiger partial charge in [0.2, 0.25) is 0 Å². The molecule has 3 aliphatic heterocycles. The van der Waals surface area contributed by atoms with Crippen LogP contribution in [0.1, 0.15) is 57.7 Å². The molecule has 6 rings (SSSR count). The summed E-state index contributed by atoms with van der Waals surface area (Å²) in [5.74, 6) is 0.408. The lowest BCUT2D eigenvalue weighted by atomic mass is 9.78. The molecule has 3 aromatic carbocycles. The van der Waals surface area contributed by atoms with Crippen molar-refractivity contribution in [2.24, 2.45) is 11.8 Å². The fourth-order valence-corrected chi connectivity index (χ4v) is 4.87.